The molecule has 3 heterocycles. The summed E-state index contributed by atoms with van der Waals surface area (Å²) >= 11 is 0. The summed E-state index contributed by atoms with van der Waals surface area (Å²) in [6.45, 7) is 3.86. The van der Waals surface area contributed by atoms with E-state index < -0.39 is 0 Å². The van der Waals surface area contributed by atoms with E-state index in [2.05, 4.69) is 45.4 Å². The molecule has 0 radical (unpaired) electrons. The number of amides is 1. The fourth-order valence-corrected chi connectivity index (χ4v) is 4.62. The van der Waals surface area contributed by atoms with E-state index in [1.54, 1.807) is 0 Å². The maximum Gasteiger partial charge on any atom is 0.223 e. The summed E-state index contributed by atoms with van der Waals surface area (Å²) < 4.78 is 1.87. The van der Waals surface area contributed by atoms with Crippen LogP contribution in [0.3, 0.4) is 0 Å². The Morgan fingerprint density at radius 2 is 1.88 bits per heavy atom. The minimum atomic E-state index is 0.0522. The molecular weight excluding hydrogens is 324 g/mol. The molecule has 2 fully saturated rings. The molecule has 2 aromatic rings. The molecule has 26 heavy (non-hydrogen) atoms. The molecule has 1 spiro atoms. The van der Waals surface area contributed by atoms with E-state index >= 15 is 0 Å². The van der Waals surface area contributed by atoms with E-state index in [1.165, 1.54) is 11.1 Å². The lowest BCUT2D eigenvalue weighted by atomic mass is 9.87. The highest BCUT2D eigenvalue weighted by molar-refractivity contribution is 5.79. The van der Waals surface area contributed by atoms with Crippen LogP contribution in [0.5, 0.6) is 0 Å². The third kappa shape index (κ3) is 3.54. The van der Waals surface area contributed by atoms with Crippen molar-refractivity contribution < 1.29 is 4.79 Å². The van der Waals surface area contributed by atoms with E-state index in [0.29, 0.717) is 12.3 Å². The average molecular weight is 352 g/mol. The van der Waals surface area contributed by atoms with Crippen molar-refractivity contribution >= 4 is 5.91 Å². The number of likely N-dealkylation sites (tertiary alicyclic amines) is 2. The minimum absolute atomic E-state index is 0.0522. The molecule has 0 N–H and O–H groups in total. The van der Waals surface area contributed by atoms with E-state index in [4.69, 9.17) is 0 Å². The quantitative estimate of drug-likeness (QED) is 0.849. The number of hydrogen-bond donors (Lipinski definition) is 0. The molecule has 1 aromatic heterocycles. The summed E-state index contributed by atoms with van der Waals surface area (Å²) in [5.41, 5.74) is 2.56. The number of hydrogen-bond acceptors (Lipinski definition) is 3. The first kappa shape index (κ1) is 17.3. The topological polar surface area (TPSA) is 41.4 Å². The predicted molar refractivity (Wildman–Crippen MR) is 101 cm³/mol. The van der Waals surface area contributed by atoms with Crippen molar-refractivity contribution in [2.24, 2.45) is 7.05 Å². The number of rotatable bonds is 4. The third-order valence-electron chi connectivity index (χ3n) is 6.04. The fourth-order valence-electron chi connectivity index (χ4n) is 4.62. The van der Waals surface area contributed by atoms with Gasteiger partial charge < -0.3 is 4.90 Å². The molecule has 0 bridgehead atoms. The zero-order valence-corrected chi connectivity index (χ0v) is 15.6. The van der Waals surface area contributed by atoms with Crippen LogP contribution in [0.25, 0.3) is 0 Å². The molecule has 2 aliphatic rings. The molecule has 5 nitrogen and oxygen atoms in total. The van der Waals surface area contributed by atoms with Gasteiger partial charge in [-0.2, -0.15) is 5.10 Å². The monoisotopic (exact) mass is 352 g/mol. The van der Waals surface area contributed by atoms with Crippen molar-refractivity contribution in [3.05, 3.63) is 53.9 Å². The zero-order valence-electron chi connectivity index (χ0n) is 15.6. The normalized spacial score (nSPS) is 24.3. The second-order valence-corrected chi connectivity index (χ2v) is 7.84. The molecule has 2 saturated heterocycles. The van der Waals surface area contributed by atoms with Gasteiger partial charge in [0.2, 0.25) is 5.91 Å². The highest BCUT2D eigenvalue weighted by Gasteiger charge is 2.45. The van der Waals surface area contributed by atoms with E-state index in [1.807, 2.05) is 24.0 Å². The Morgan fingerprint density at radius 3 is 2.65 bits per heavy atom. The molecule has 0 aliphatic carbocycles. The van der Waals surface area contributed by atoms with Crippen molar-refractivity contribution in [3.63, 3.8) is 0 Å². The Kier molecular flexibility index (Phi) is 4.81. The lowest BCUT2D eigenvalue weighted by Crippen LogP contribution is -2.45. The number of benzene rings is 1. The Bertz CT molecular complexity index is 756. The van der Waals surface area contributed by atoms with Crippen LogP contribution in [-0.2, 0) is 24.9 Å². The molecule has 5 heteroatoms. The number of carbonyl (C=O) groups excluding carboxylic acids is 1. The van der Waals surface area contributed by atoms with Gasteiger partial charge in [-0.1, -0.05) is 30.3 Å². The molecule has 0 saturated carbocycles. The van der Waals surface area contributed by atoms with Crippen LogP contribution < -0.4 is 0 Å². The lowest BCUT2D eigenvalue weighted by molar-refractivity contribution is -0.132. The maximum absolute atomic E-state index is 12.6. The molecule has 1 aromatic carbocycles. The SMILES string of the molecule is Cn1cc(CN2CCCC3(CCC(=O)N3Cc3ccccc3)CC2)cn1. The molecule has 138 valence electrons. The van der Waals surface area contributed by atoms with Crippen LogP contribution in [0.15, 0.2) is 42.7 Å². The summed E-state index contributed by atoms with van der Waals surface area (Å²) in [5.74, 6) is 0.328. The van der Waals surface area contributed by atoms with Crippen LogP contribution in [-0.4, -0.2) is 44.1 Å². The second kappa shape index (κ2) is 7.23. The largest absolute Gasteiger partial charge is 0.333 e. The van der Waals surface area contributed by atoms with Crippen LogP contribution in [0.1, 0.15) is 43.2 Å². The van der Waals surface area contributed by atoms with Gasteiger partial charge in [0.1, 0.15) is 0 Å². The van der Waals surface area contributed by atoms with Gasteiger partial charge in [0.05, 0.1) is 6.20 Å². The average Bonchev–Trinajstić information content (AvgIpc) is 3.10. The van der Waals surface area contributed by atoms with Crippen LogP contribution in [0.4, 0.5) is 0 Å². The standard InChI is InChI=1S/C21H28N4O/c1-23-15-19(14-22-23)16-24-12-5-9-21(11-13-24)10-8-20(26)25(21)17-18-6-3-2-4-7-18/h2-4,6-7,14-15H,5,8-13,16-17H2,1H3. The first-order chi connectivity index (χ1) is 12.6. The van der Waals surface area contributed by atoms with Gasteiger partial charge in [0.15, 0.2) is 0 Å². The number of aryl methyl sites for hydroxylation is 1. The van der Waals surface area contributed by atoms with Crippen molar-refractivity contribution in [3.8, 4) is 0 Å². The molecule has 1 amide bonds. The van der Waals surface area contributed by atoms with Gasteiger partial charge in [-0.05, 0) is 37.8 Å². The van der Waals surface area contributed by atoms with Gasteiger partial charge in [0.25, 0.3) is 0 Å². The number of aromatic nitrogens is 2. The van der Waals surface area contributed by atoms with Crippen molar-refractivity contribution in [2.45, 2.75) is 50.7 Å². The highest BCUT2D eigenvalue weighted by atomic mass is 16.2. The van der Waals surface area contributed by atoms with E-state index in [0.717, 1.165) is 51.9 Å². The summed E-state index contributed by atoms with van der Waals surface area (Å²) in [5, 5.41) is 4.28. The minimum Gasteiger partial charge on any atom is -0.333 e. The van der Waals surface area contributed by atoms with Crippen molar-refractivity contribution in [1.29, 1.82) is 0 Å². The first-order valence-electron chi connectivity index (χ1n) is 9.69. The molecule has 1 atom stereocenters. The number of carbonyl (C=O) groups is 1. The van der Waals surface area contributed by atoms with Gasteiger partial charge in [-0.15, -0.1) is 0 Å². The van der Waals surface area contributed by atoms with Gasteiger partial charge in [-0.3, -0.25) is 14.4 Å². The summed E-state index contributed by atoms with van der Waals surface area (Å²) in [7, 11) is 1.96. The Labute approximate surface area is 155 Å². The molecule has 4 rings (SSSR count). The molecular formula is C21H28N4O. The van der Waals surface area contributed by atoms with Crippen molar-refractivity contribution in [2.75, 3.05) is 13.1 Å². The smallest absolute Gasteiger partial charge is 0.223 e. The Balaban J connectivity index is 1.46. The summed E-state index contributed by atoms with van der Waals surface area (Å²) in [4.78, 5) is 17.4. The second-order valence-electron chi connectivity index (χ2n) is 7.84. The molecule has 2 aliphatic heterocycles. The Morgan fingerprint density at radius 1 is 1.04 bits per heavy atom. The fraction of sp³-hybridized carbons (Fsp3) is 0.524. The third-order valence-corrected chi connectivity index (χ3v) is 6.04. The van der Waals surface area contributed by atoms with Gasteiger partial charge in [-0.25, -0.2) is 0 Å². The van der Waals surface area contributed by atoms with E-state index in [-0.39, 0.29) is 5.54 Å². The summed E-state index contributed by atoms with van der Waals surface area (Å²) in [6, 6.07) is 10.4. The van der Waals surface area contributed by atoms with Crippen LogP contribution in [0.2, 0.25) is 0 Å². The molecule has 1 unspecified atom stereocenters. The van der Waals surface area contributed by atoms with Crippen LogP contribution in [0, 0.1) is 0 Å². The highest BCUT2D eigenvalue weighted by Crippen LogP contribution is 2.40. The lowest BCUT2D eigenvalue weighted by Gasteiger charge is -2.38. The number of nitrogens with zero attached hydrogens (tertiary/aromatic N) is 4. The van der Waals surface area contributed by atoms with Gasteiger partial charge >= 0.3 is 0 Å². The van der Waals surface area contributed by atoms with E-state index in [9.17, 15) is 4.79 Å². The van der Waals surface area contributed by atoms with Crippen molar-refractivity contribution in [1.82, 2.24) is 19.6 Å². The summed E-state index contributed by atoms with van der Waals surface area (Å²) in [6.07, 6.45) is 9.12. The van der Waals surface area contributed by atoms with Crippen LogP contribution >= 0.6 is 0 Å². The first-order valence-corrected chi connectivity index (χ1v) is 9.69. The maximum atomic E-state index is 12.6. The Hall–Kier alpha value is -2.14. The predicted octanol–water partition coefficient (Wildman–Crippen LogP) is 2.97. The van der Waals surface area contributed by atoms with Gasteiger partial charge in [0, 0.05) is 50.4 Å². The zero-order chi connectivity index (χ0) is 18.0.